The summed E-state index contributed by atoms with van der Waals surface area (Å²) >= 11 is 11.6. The minimum Gasteiger partial charge on any atom is -0.336 e. The number of hydrogen-bond donors (Lipinski definition) is 1. The van der Waals surface area contributed by atoms with Crippen LogP contribution in [0.2, 0.25) is 10.2 Å². The van der Waals surface area contributed by atoms with Gasteiger partial charge in [-0.05, 0) is 6.07 Å². The number of rotatable bonds is 1. The molecular weight excluding hydrogens is 303 g/mol. The molecule has 2 fully saturated rings. The van der Waals surface area contributed by atoms with Crippen LogP contribution in [0.5, 0.6) is 0 Å². The van der Waals surface area contributed by atoms with E-state index in [-0.39, 0.29) is 28.2 Å². The highest BCUT2D eigenvalue weighted by molar-refractivity contribution is 6.41. The van der Waals surface area contributed by atoms with Crippen molar-refractivity contribution in [2.75, 3.05) is 26.2 Å². The third-order valence-corrected chi connectivity index (χ3v) is 4.25. The van der Waals surface area contributed by atoms with Gasteiger partial charge >= 0.3 is 6.03 Å². The Bertz CT molecular complexity index is 581. The van der Waals surface area contributed by atoms with Crippen LogP contribution in [0.1, 0.15) is 10.4 Å². The van der Waals surface area contributed by atoms with Gasteiger partial charge in [-0.15, -0.1) is 0 Å². The van der Waals surface area contributed by atoms with E-state index in [0.29, 0.717) is 31.7 Å². The lowest BCUT2D eigenvalue weighted by Gasteiger charge is -2.36. The zero-order valence-electron chi connectivity index (χ0n) is 10.5. The van der Waals surface area contributed by atoms with E-state index < -0.39 is 0 Å². The molecule has 0 bridgehead atoms. The minimum atomic E-state index is -0.143. The predicted octanol–water partition coefficient (Wildman–Crippen LogP) is 1.24. The van der Waals surface area contributed by atoms with Crippen LogP contribution in [0.4, 0.5) is 4.79 Å². The average Bonchev–Trinajstić information content (AvgIpc) is 2.82. The molecule has 0 radical (unpaired) electrons. The van der Waals surface area contributed by atoms with E-state index in [1.165, 1.54) is 12.3 Å². The molecule has 8 heteroatoms. The van der Waals surface area contributed by atoms with E-state index in [1.54, 1.807) is 9.80 Å². The SMILES string of the molecule is O=C(c1cnc(Cl)c(Cl)c1)N1CCN2C(=O)NCC2C1. The molecule has 20 heavy (non-hydrogen) atoms. The number of amides is 3. The van der Waals surface area contributed by atoms with Crippen LogP contribution in [0.15, 0.2) is 12.3 Å². The van der Waals surface area contributed by atoms with E-state index in [2.05, 4.69) is 10.3 Å². The zero-order chi connectivity index (χ0) is 14.3. The number of hydrogen-bond acceptors (Lipinski definition) is 3. The molecule has 1 aromatic heterocycles. The monoisotopic (exact) mass is 314 g/mol. The Balaban J connectivity index is 1.75. The molecule has 1 atom stereocenters. The second kappa shape index (κ2) is 5.10. The first-order chi connectivity index (χ1) is 9.56. The highest BCUT2D eigenvalue weighted by Gasteiger charge is 2.37. The summed E-state index contributed by atoms with van der Waals surface area (Å²) in [6.45, 7) is 2.13. The first kappa shape index (κ1) is 13.5. The van der Waals surface area contributed by atoms with Gasteiger partial charge in [-0.3, -0.25) is 4.79 Å². The van der Waals surface area contributed by atoms with Crippen molar-refractivity contribution in [3.05, 3.63) is 28.0 Å². The molecular formula is C12H12Cl2N4O2. The molecule has 2 aliphatic heterocycles. The molecule has 2 aliphatic rings. The normalized spacial score (nSPS) is 21.7. The van der Waals surface area contributed by atoms with Gasteiger partial charge in [0, 0.05) is 32.4 Å². The molecule has 3 rings (SSSR count). The Morgan fingerprint density at radius 2 is 2.20 bits per heavy atom. The number of nitrogens with zero attached hydrogens (tertiary/aromatic N) is 3. The maximum Gasteiger partial charge on any atom is 0.317 e. The van der Waals surface area contributed by atoms with Gasteiger partial charge < -0.3 is 15.1 Å². The molecule has 3 heterocycles. The highest BCUT2D eigenvalue weighted by atomic mass is 35.5. The van der Waals surface area contributed by atoms with Crippen LogP contribution in [-0.4, -0.2) is 58.9 Å². The Hall–Kier alpha value is -1.53. The summed E-state index contributed by atoms with van der Waals surface area (Å²) in [5, 5.41) is 3.21. The van der Waals surface area contributed by atoms with Crippen LogP contribution >= 0.6 is 23.2 Å². The molecule has 6 nitrogen and oxygen atoms in total. The Morgan fingerprint density at radius 1 is 1.40 bits per heavy atom. The van der Waals surface area contributed by atoms with E-state index in [4.69, 9.17) is 23.2 Å². The van der Waals surface area contributed by atoms with E-state index in [9.17, 15) is 9.59 Å². The number of urea groups is 1. The Labute approximate surface area is 125 Å². The number of halogens is 2. The fourth-order valence-electron chi connectivity index (χ4n) is 2.51. The van der Waals surface area contributed by atoms with Crippen LogP contribution in [0, 0.1) is 0 Å². The van der Waals surface area contributed by atoms with Crippen LogP contribution in [0.3, 0.4) is 0 Å². The lowest BCUT2D eigenvalue weighted by Crippen LogP contribution is -2.53. The standard InChI is InChI=1S/C12H12Cl2N4O2/c13-9-3-7(4-15-10(9)14)11(19)17-1-2-18-8(6-17)5-16-12(18)20/h3-4,8H,1-2,5-6H2,(H,16,20). The van der Waals surface area contributed by atoms with Crippen molar-refractivity contribution in [2.24, 2.45) is 0 Å². The number of fused-ring (bicyclic) bond motifs is 1. The van der Waals surface area contributed by atoms with Gasteiger partial charge in [0.15, 0.2) is 0 Å². The van der Waals surface area contributed by atoms with E-state index in [0.717, 1.165) is 0 Å². The van der Waals surface area contributed by atoms with Crippen LogP contribution < -0.4 is 5.32 Å². The first-order valence-corrected chi connectivity index (χ1v) is 6.96. The summed E-state index contributed by atoms with van der Waals surface area (Å²) in [5.41, 5.74) is 0.408. The maximum atomic E-state index is 12.4. The largest absolute Gasteiger partial charge is 0.336 e. The molecule has 3 amide bonds. The summed E-state index contributed by atoms with van der Waals surface area (Å²) in [7, 11) is 0. The quantitative estimate of drug-likeness (QED) is 0.793. The van der Waals surface area contributed by atoms with Crippen molar-refractivity contribution in [3.63, 3.8) is 0 Å². The number of carbonyl (C=O) groups is 2. The molecule has 1 N–H and O–H groups in total. The van der Waals surface area contributed by atoms with Gasteiger partial charge in [-0.25, -0.2) is 9.78 Å². The van der Waals surface area contributed by atoms with Crippen molar-refractivity contribution in [1.29, 1.82) is 0 Å². The molecule has 1 unspecified atom stereocenters. The van der Waals surface area contributed by atoms with Gasteiger partial charge in [0.2, 0.25) is 0 Å². The van der Waals surface area contributed by atoms with Crippen LogP contribution in [0.25, 0.3) is 0 Å². The second-order valence-electron chi connectivity index (χ2n) is 4.78. The molecule has 0 aromatic carbocycles. The molecule has 2 saturated heterocycles. The Morgan fingerprint density at radius 3 is 2.95 bits per heavy atom. The second-order valence-corrected chi connectivity index (χ2v) is 5.55. The topological polar surface area (TPSA) is 65.5 Å². The van der Waals surface area contributed by atoms with Gasteiger partial charge in [0.1, 0.15) is 5.15 Å². The van der Waals surface area contributed by atoms with E-state index >= 15 is 0 Å². The molecule has 106 valence electrons. The van der Waals surface area contributed by atoms with E-state index in [1.807, 2.05) is 0 Å². The number of carbonyl (C=O) groups excluding carboxylic acids is 2. The van der Waals surface area contributed by atoms with Crippen molar-refractivity contribution < 1.29 is 9.59 Å². The van der Waals surface area contributed by atoms with Gasteiger partial charge in [-0.1, -0.05) is 23.2 Å². The van der Waals surface area contributed by atoms with Gasteiger partial charge in [-0.2, -0.15) is 0 Å². The molecule has 0 aliphatic carbocycles. The molecule has 0 spiro atoms. The zero-order valence-corrected chi connectivity index (χ0v) is 12.0. The third-order valence-electron chi connectivity index (χ3n) is 3.56. The third kappa shape index (κ3) is 2.29. The minimum absolute atomic E-state index is 0.0379. The van der Waals surface area contributed by atoms with Gasteiger partial charge in [0.05, 0.1) is 16.6 Å². The van der Waals surface area contributed by atoms with Crippen molar-refractivity contribution in [3.8, 4) is 0 Å². The van der Waals surface area contributed by atoms with Crippen molar-refractivity contribution in [1.82, 2.24) is 20.1 Å². The first-order valence-electron chi connectivity index (χ1n) is 6.21. The molecule has 0 saturated carbocycles. The summed E-state index contributed by atoms with van der Waals surface area (Å²) in [6.07, 6.45) is 1.42. The lowest BCUT2D eigenvalue weighted by molar-refractivity contribution is 0.0616. The van der Waals surface area contributed by atoms with Crippen LogP contribution in [-0.2, 0) is 0 Å². The highest BCUT2D eigenvalue weighted by Crippen LogP contribution is 2.22. The summed E-state index contributed by atoms with van der Waals surface area (Å²) in [5.74, 6) is -0.143. The van der Waals surface area contributed by atoms with Crippen molar-refractivity contribution >= 4 is 35.1 Å². The summed E-state index contributed by atoms with van der Waals surface area (Å²) in [4.78, 5) is 31.3. The fourth-order valence-corrected chi connectivity index (χ4v) is 2.78. The summed E-state index contributed by atoms with van der Waals surface area (Å²) in [6, 6.07) is 1.50. The van der Waals surface area contributed by atoms with Gasteiger partial charge in [0.25, 0.3) is 5.91 Å². The number of nitrogens with one attached hydrogen (secondary N) is 1. The molecule has 1 aromatic rings. The maximum absolute atomic E-state index is 12.4. The Kier molecular flexibility index (Phi) is 3.43. The average molecular weight is 315 g/mol. The lowest BCUT2D eigenvalue weighted by atomic mass is 10.1. The number of piperazine rings is 1. The predicted molar refractivity (Wildman–Crippen MR) is 74.1 cm³/mol. The van der Waals surface area contributed by atoms with Crippen molar-refractivity contribution in [2.45, 2.75) is 6.04 Å². The smallest absolute Gasteiger partial charge is 0.317 e. The number of pyridine rings is 1. The fraction of sp³-hybridized carbons (Fsp3) is 0.417. The number of aromatic nitrogens is 1. The summed E-state index contributed by atoms with van der Waals surface area (Å²) < 4.78 is 0.